The van der Waals surface area contributed by atoms with Crippen molar-refractivity contribution >= 4 is 10.9 Å². The van der Waals surface area contributed by atoms with E-state index in [2.05, 4.69) is 35.8 Å². The maximum atomic E-state index is 6.82. The molecule has 1 N–H and O–H groups in total. The average Bonchev–Trinajstić information content (AvgIpc) is 2.65. The van der Waals surface area contributed by atoms with Crippen LogP contribution in [-0.2, 0) is 6.42 Å². The van der Waals surface area contributed by atoms with Crippen molar-refractivity contribution in [3.05, 3.63) is 46.4 Å². The first-order valence-corrected chi connectivity index (χ1v) is 5.13. The van der Waals surface area contributed by atoms with Crippen molar-refractivity contribution in [2.75, 3.05) is 6.54 Å². The Morgan fingerprint density at radius 2 is 2.00 bits per heavy atom. The highest BCUT2D eigenvalue weighted by atomic mass is 14.7. The first-order valence-electron chi connectivity index (χ1n) is 5.13. The highest BCUT2D eigenvalue weighted by Crippen LogP contribution is 2.25. The summed E-state index contributed by atoms with van der Waals surface area (Å²) in [5, 5.41) is 1.30. The van der Waals surface area contributed by atoms with E-state index >= 15 is 0 Å². The van der Waals surface area contributed by atoms with Gasteiger partial charge in [0.15, 0.2) is 0 Å². The molecule has 76 valence electrons. The van der Waals surface area contributed by atoms with Crippen molar-refractivity contribution in [3.63, 3.8) is 0 Å². The van der Waals surface area contributed by atoms with E-state index in [1.165, 1.54) is 27.6 Å². The number of aryl methyl sites for hydroxylation is 2. The third-order valence-corrected chi connectivity index (χ3v) is 2.83. The van der Waals surface area contributed by atoms with Crippen LogP contribution >= 0.6 is 0 Å². The highest BCUT2D eigenvalue weighted by molar-refractivity contribution is 5.88. The normalized spacial score (nSPS) is 10.5. The predicted molar refractivity (Wildman–Crippen MR) is 62.9 cm³/mol. The SMILES string of the molecule is [C-]#[N+]CCc1c[nH]c2c(C)ccc(C)c12. The summed E-state index contributed by atoms with van der Waals surface area (Å²) in [5.74, 6) is 0. The van der Waals surface area contributed by atoms with E-state index < -0.39 is 0 Å². The number of fused-ring (bicyclic) bond motifs is 1. The van der Waals surface area contributed by atoms with Crippen molar-refractivity contribution in [2.45, 2.75) is 20.3 Å². The average molecular weight is 198 g/mol. The van der Waals surface area contributed by atoms with Crippen molar-refractivity contribution < 1.29 is 0 Å². The summed E-state index contributed by atoms with van der Waals surface area (Å²) in [6.07, 6.45) is 2.88. The highest BCUT2D eigenvalue weighted by Gasteiger charge is 2.08. The number of H-pyrrole nitrogens is 1. The van der Waals surface area contributed by atoms with Crippen LogP contribution in [-0.4, -0.2) is 11.5 Å². The summed E-state index contributed by atoms with van der Waals surface area (Å²) in [4.78, 5) is 6.71. The summed E-state index contributed by atoms with van der Waals surface area (Å²) in [6.45, 7) is 11.6. The molecule has 0 saturated heterocycles. The number of aromatic amines is 1. The molecule has 0 atom stereocenters. The molecule has 0 aliphatic rings. The minimum Gasteiger partial charge on any atom is -0.361 e. The second-order valence-electron chi connectivity index (χ2n) is 3.89. The molecule has 0 amide bonds. The second-order valence-corrected chi connectivity index (χ2v) is 3.89. The van der Waals surface area contributed by atoms with E-state index in [0.29, 0.717) is 6.54 Å². The lowest BCUT2D eigenvalue weighted by molar-refractivity contribution is 1.09. The molecule has 0 aliphatic heterocycles. The Morgan fingerprint density at radius 1 is 1.27 bits per heavy atom. The standard InChI is InChI=1S/C13H14N2/c1-9-4-5-10(2)13-12(9)11(8-15-13)6-7-14-3/h4-5,8,15H,6-7H2,1-2H3. The van der Waals surface area contributed by atoms with Gasteiger partial charge >= 0.3 is 0 Å². The van der Waals surface area contributed by atoms with Crippen LogP contribution in [0.1, 0.15) is 16.7 Å². The van der Waals surface area contributed by atoms with Crippen LogP contribution in [0.15, 0.2) is 18.3 Å². The van der Waals surface area contributed by atoms with Crippen molar-refractivity contribution in [1.29, 1.82) is 0 Å². The Labute approximate surface area is 89.7 Å². The second kappa shape index (κ2) is 3.78. The fourth-order valence-electron chi connectivity index (χ4n) is 2.02. The van der Waals surface area contributed by atoms with Crippen LogP contribution in [0.3, 0.4) is 0 Å². The monoisotopic (exact) mass is 198 g/mol. The zero-order chi connectivity index (χ0) is 10.8. The number of benzene rings is 1. The van der Waals surface area contributed by atoms with E-state index in [1.54, 1.807) is 0 Å². The molecule has 0 saturated carbocycles. The maximum Gasteiger partial charge on any atom is 0.218 e. The van der Waals surface area contributed by atoms with Crippen LogP contribution in [0, 0.1) is 20.4 Å². The molecule has 2 nitrogen and oxygen atoms in total. The molecular formula is C13H14N2. The van der Waals surface area contributed by atoms with E-state index in [1.807, 2.05) is 6.20 Å². The molecule has 0 fully saturated rings. The lowest BCUT2D eigenvalue weighted by Gasteiger charge is -2.01. The minimum atomic E-state index is 0.570. The van der Waals surface area contributed by atoms with Gasteiger partial charge in [0.1, 0.15) is 0 Å². The lowest BCUT2D eigenvalue weighted by atomic mass is 10.0. The number of rotatable bonds is 2. The third-order valence-electron chi connectivity index (χ3n) is 2.83. The van der Waals surface area contributed by atoms with Crippen LogP contribution in [0.25, 0.3) is 15.7 Å². The van der Waals surface area contributed by atoms with Gasteiger partial charge in [0, 0.05) is 23.5 Å². The molecule has 15 heavy (non-hydrogen) atoms. The van der Waals surface area contributed by atoms with Gasteiger partial charge in [-0.25, -0.2) is 6.57 Å². The molecule has 0 bridgehead atoms. The topological polar surface area (TPSA) is 20.1 Å². The van der Waals surface area contributed by atoms with Gasteiger partial charge in [-0.1, -0.05) is 12.1 Å². The number of hydrogen-bond acceptors (Lipinski definition) is 0. The van der Waals surface area contributed by atoms with Crippen LogP contribution in [0.5, 0.6) is 0 Å². The van der Waals surface area contributed by atoms with Crippen molar-refractivity contribution in [1.82, 2.24) is 4.98 Å². The maximum absolute atomic E-state index is 6.82. The Bertz CT molecular complexity index is 529. The first kappa shape index (κ1) is 9.79. The van der Waals surface area contributed by atoms with Crippen molar-refractivity contribution in [3.8, 4) is 0 Å². The van der Waals surface area contributed by atoms with E-state index in [9.17, 15) is 0 Å². The van der Waals surface area contributed by atoms with Crippen LogP contribution in [0.4, 0.5) is 0 Å². The number of aromatic nitrogens is 1. The molecule has 1 aromatic carbocycles. The minimum absolute atomic E-state index is 0.570. The summed E-state index contributed by atoms with van der Waals surface area (Å²) in [7, 11) is 0. The molecule has 1 heterocycles. The Morgan fingerprint density at radius 3 is 2.73 bits per heavy atom. The molecule has 0 aliphatic carbocycles. The Hall–Kier alpha value is -1.75. The first-order chi connectivity index (χ1) is 7.24. The van der Waals surface area contributed by atoms with Gasteiger partial charge in [-0.05, 0) is 30.5 Å². The summed E-state index contributed by atoms with van der Waals surface area (Å²) < 4.78 is 0. The fourth-order valence-corrected chi connectivity index (χ4v) is 2.02. The molecule has 2 rings (SSSR count). The lowest BCUT2D eigenvalue weighted by Crippen LogP contribution is -1.87. The zero-order valence-electron chi connectivity index (χ0n) is 9.09. The molecular weight excluding hydrogens is 184 g/mol. The summed E-state index contributed by atoms with van der Waals surface area (Å²) >= 11 is 0. The zero-order valence-corrected chi connectivity index (χ0v) is 9.09. The molecule has 2 aromatic rings. The third kappa shape index (κ3) is 1.61. The molecule has 2 heteroatoms. The number of hydrogen-bond donors (Lipinski definition) is 1. The number of nitrogens with one attached hydrogen (secondary N) is 1. The van der Waals surface area contributed by atoms with Gasteiger partial charge in [-0.15, -0.1) is 0 Å². The van der Waals surface area contributed by atoms with E-state index in [0.717, 1.165) is 6.42 Å². The largest absolute Gasteiger partial charge is 0.361 e. The Balaban J connectivity index is 2.59. The van der Waals surface area contributed by atoms with Gasteiger partial charge in [0.2, 0.25) is 6.54 Å². The summed E-state index contributed by atoms with van der Waals surface area (Å²) in [6, 6.07) is 4.28. The van der Waals surface area contributed by atoms with E-state index in [-0.39, 0.29) is 0 Å². The van der Waals surface area contributed by atoms with Crippen LogP contribution < -0.4 is 0 Å². The van der Waals surface area contributed by atoms with Gasteiger partial charge in [-0.3, -0.25) is 0 Å². The molecule has 0 spiro atoms. The van der Waals surface area contributed by atoms with Gasteiger partial charge < -0.3 is 9.83 Å². The predicted octanol–water partition coefficient (Wildman–Crippen LogP) is 3.25. The van der Waals surface area contributed by atoms with Gasteiger partial charge in [-0.2, -0.15) is 0 Å². The molecule has 0 radical (unpaired) electrons. The van der Waals surface area contributed by atoms with Gasteiger partial charge in [0.05, 0.1) is 0 Å². The van der Waals surface area contributed by atoms with Crippen LogP contribution in [0.2, 0.25) is 0 Å². The van der Waals surface area contributed by atoms with E-state index in [4.69, 9.17) is 6.57 Å². The quantitative estimate of drug-likeness (QED) is 0.715. The smallest absolute Gasteiger partial charge is 0.218 e. The molecule has 0 unspecified atom stereocenters. The molecule has 1 aromatic heterocycles. The Kier molecular flexibility index (Phi) is 2.47. The number of nitrogens with zero attached hydrogens (tertiary/aromatic N) is 1. The summed E-state index contributed by atoms with van der Waals surface area (Å²) in [5.41, 5.74) is 5.04. The van der Waals surface area contributed by atoms with Crippen molar-refractivity contribution in [2.24, 2.45) is 0 Å². The van der Waals surface area contributed by atoms with Gasteiger partial charge in [0.25, 0.3) is 0 Å². The fraction of sp³-hybridized carbons (Fsp3) is 0.308.